The highest BCUT2D eigenvalue weighted by molar-refractivity contribution is 5.92. The number of nitrogens with one attached hydrogen (secondary N) is 1. The lowest BCUT2D eigenvalue weighted by Gasteiger charge is -2.14. The van der Waals surface area contributed by atoms with E-state index in [0.717, 1.165) is 30.9 Å². The normalized spacial score (nSPS) is 19.4. The van der Waals surface area contributed by atoms with E-state index in [1.54, 1.807) is 0 Å². The van der Waals surface area contributed by atoms with Crippen molar-refractivity contribution >= 4 is 11.6 Å². The third-order valence-corrected chi connectivity index (χ3v) is 3.13. The van der Waals surface area contributed by atoms with Crippen molar-refractivity contribution in [1.82, 2.24) is 4.90 Å². The van der Waals surface area contributed by atoms with Crippen molar-refractivity contribution in [2.24, 2.45) is 5.73 Å². The van der Waals surface area contributed by atoms with Crippen molar-refractivity contribution in [2.45, 2.75) is 19.4 Å². The zero-order chi connectivity index (χ0) is 13.7. The number of nitrogens with two attached hydrogens (primary N) is 1. The molecule has 0 radical (unpaired) electrons. The first-order valence-corrected chi connectivity index (χ1v) is 6.68. The lowest BCUT2D eigenvalue weighted by atomic mass is 10.3. The van der Waals surface area contributed by atoms with Crippen LogP contribution in [0.15, 0.2) is 24.3 Å². The summed E-state index contributed by atoms with van der Waals surface area (Å²) in [4.78, 5) is 13.9. The number of carbonyl (C=O) groups excluding carboxylic acids is 1. The van der Waals surface area contributed by atoms with Crippen molar-refractivity contribution < 1.29 is 9.53 Å². The topological polar surface area (TPSA) is 67.6 Å². The Labute approximate surface area is 113 Å². The summed E-state index contributed by atoms with van der Waals surface area (Å²) in [5.41, 5.74) is 6.60. The molecule has 0 bridgehead atoms. The molecule has 5 nitrogen and oxygen atoms in total. The average Bonchev–Trinajstić information content (AvgIpc) is 2.77. The van der Waals surface area contributed by atoms with Gasteiger partial charge in [0.15, 0.2) is 0 Å². The summed E-state index contributed by atoms with van der Waals surface area (Å²) in [6.45, 7) is 4.69. The molecule has 1 heterocycles. The van der Waals surface area contributed by atoms with E-state index < -0.39 is 0 Å². The maximum Gasteiger partial charge on any atom is 0.238 e. The number of carbonyl (C=O) groups is 1. The van der Waals surface area contributed by atoms with Crippen LogP contribution in [0, 0.1) is 0 Å². The van der Waals surface area contributed by atoms with Crippen LogP contribution in [0.5, 0.6) is 5.75 Å². The van der Waals surface area contributed by atoms with Gasteiger partial charge in [-0.15, -0.1) is 0 Å². The van der Waals surface area contributed by atoms with Gasteiger partial charge in [-0.2, -0.15) is 0 Å². The molecule has 1 aliphatic rings. The fraction of sp³-hybridized carbons (Fsp3) is 0.500. The molecule has 19 heavy (non-hydrogen) atoms. The quantitative estimate of drug-likeness (QED) is 0.833. The highest BCUT2D eigenvalue weighted by atomic mass is 16.5. The highest BCUT2D eigenvalue weighted by Crippen LogP contribution is 2.15. The van der Waals surface area contributed by atoms with Crippen molar-refractivity contribution in [2.75, 3.05) is 31.6 Å². The van der Waals surface area contributed by atoms with Crippen LogP contribution in [-0.2, 0) is 4.79 Å². The van der Waals surface area contributed by atoms with E-state index in [1.165, 1.54) is 0 Å². The van der Waals surface area contributed by atoms with Crippen LogP contribution < -0.4 is 15.8 Å². The van der Waals surface area contributed by atoms with E-state index in [4.69, 9.17) is 10.5 Å². The monoisotopic (exact) mass is 263 g/mol. The first-order chi connectivity index (χ1) is 9.17. The first kappa shape index (κ1) is 13.8. The van der Waals surface area contributed by atoms with Gasteiger partial charge in [0.25, 0.3) is 0 Å². The van der Waals surface area contributed by atoms with E-state index in [2.05, 4.69) is 10.2 Å². The number of ether oxygens (including phenoxy) is 1. The van der Waals surface area contributed by atoms with Gasteiger partial charge in [-0.1, -0.05) is 0 Å². The number of amides is 1. The van der Waals surface area contributed by atoms with Crippen molar-refractivity contribution in [3.63, 3.8) is 0 Å². The lowest BCUT2D eigenvalue weighted by Crippen LogP contribution is -2.33. The molecule has 1 atom stereocenters. The summed E-state index contributed by atoms with van der Waals surface area (Å²) in [7, 11) is 0. The predicted molar refractivity (Wildman–Crippen MR) is 75.3 cm³/mol. The number of hydrogen-bond donors (Lipinski definition) is 2. The largest absolute Gasteiger partial charge is 0.494 e. The molecule has 0 aromatic heterocycles. The molecular weight excluding hydrogens is 242 g/mol. The SMILES string of the molecule is CCOc1ccc(NC(=O)CN2CC[C@@H](N)C2)cc1. The van der Waals surface area contributed by atoms with E-state index in [1.807, 2.05) is 31.2 Å². The maximum absolute atomic E-state index is 11.9. The molecule has 104 valence electrons. The average molecular weight is 263 g/mol. The van der Waals surface area contributed by atoms with Crippen molar-refractivity contribution in [3.8, 4) is 5.75 Å². The van der Waals surface area contributed by atoms with Crippen LogP contribution >= 0.6 is 0 Å². The van der Waals surface area contributed by atoms with Gasteiger partial charge in [0.05, 0.1) is 13.2 Å². The molecule has 1 aromatic rings. The summed E-state index contributed by atoms with van der Waals surface area (Å²) >= 11 is 0. The zero-order valence-electron chi connectivity index (χ0n) is 11.3. The Balaban J connectivity index is 1.81. The van der Waals surface area contributed by atoms with Crippen LogP contribution in [0.25, 0.3) is 0 Å². The van der Waals surface area contributed by atoms with E-state index in [9.17, 15) is 4.79 Å². The van der Waals surface area contributed by atoms with E-state index in [0.29, 0.717) is 13.2 Å². The summed E-state index contributed by atoms with van der Waals surface area (Å²) in [5.74, 6) is 0.810. The Morgan fingerprint density at radius 3 is 2.79 bits per heavy atom. The third kappa shape index (κ3) is 4.22. The maximum atomic E-state index is 11.9. The minimum Gasteiger partial charge on any atom is -0.494 e. The van der Waals surface area contributed by atoms with Gasteiger partial charge < -0.3 is 15.8 Å². The number of nitrogens with zero attached hydrogens (tertiary/aromatic N) is 1. The zero-order valence-corrected chi connectivity index (χ0v) is 11.3. The van der Waals surface area contributed by atoms with E-state index in [-0.39, 0.29) is 11.9 Å². The number of anilines is 1. The number of benzene rings is 1. The summed E-state index contributed by atoms with van der Waals surface area (Å²) in [6.07, 6.45) is 0.969. The molecule has 1 amide bonds. The van der Waals surface area contributed by atoms with Crippen LogP contribution in [0.1, 0.15) is 13.3 Å². The predicted octanol–water partition coefficient (Wildman–Crippen LogP) is 1.06. The van der Waals surface area contributed by atoms with Crippen molar-refractivity contribution in [3.05, 3.63) is 24.3 Å². The van der Waals surface area contributed by atoms with Gasteiger partial charge in [0.2, 0.25) is 5.91 Å². The Bertz CT molecular complexity index is 419. The first-order valence-electron chi connectivity index (χ1n) is 6.68. The summed E-state index contributed by atoms with van der Waals surface area (Å²) in [5, 5.41) is 2.88. The molecule has 2 rings (SSSR count). The second-order valence-corrected chi connectivity index (χ2v) is 4.79. The van der Waals surface area contributed by atoms with Crippen LogP contribution in [0.2, 0.25) is 0 Å². The van der Waals surface area contributed by atoms with Crippen LogP contribution in [0.3, 0.4) is 0 Å². The van der Waals surface area contributed by atoms with Gasteiger partial charge >= 0.3 is 0 Å². The molecule has 1 fully saturated rings. The Hall–Kier alpha value is -1.59. The van der Waals surface area contributed by atoms with Crippen LogP contribution in [0.4, 0.5) is 5.69 Å². The molecule has 0 unspecified atom stereocenters. The highest BCUT2D eigenvalue weighted by Gasteiger charge is 2.20. The second-order valence-electron chi connectivity index (χ2n) is 4.79. The molecule has 0 aliphatic carbocycles. The molecule has 1 aliphatic heterocycles. The summed E-state index contributed by atoms with van der Waals surface area (Å²) in [6, 6.07) is 7.60. The molecule has 3 N–H and O–H groups in total. The van der Waals surface area contributed by atoms with Gasteiger partial charge in [0.1, 0.15) is 5.75 Å². The Morgan fingerprint density at radius 2 is 2.21 bits per heavy atom. The second kappa shape index (κ2) is 6.54. The fourth-order valence-electron chi connectivity index (χ4n) is 2.21. The summed E-state index contributed by atoms with van der Waals surface area (Å²) < 4.78 is 5.35. The fourth-order valence-corrected chi connectivity index (χ4v) is 2.21. The van der Waals surface area contributed by atoms with Gasteiger partial charge in [-0.05, 0) is 37.6 Å². The number of hydrogen-bond acceptors (Lipinski definition) is 4. The van der Waals surface area contributed by atoms with E-state index >= 15 is 0 Å². The lowest BCUT2D eigenvalue weighted by molar-refractivity contribution is -0.117. The number of rotatable bonds is 5. The molecule has 1 saturated heterocycles. The third-order valence-electron chi connectivity index (χ3n) is 3.13. The molecular formula is C14H21N3O2. The molecule has 0 spiro atoms. The minimum absolute atomic E-state index is 0.00161. The Kier molecular flexibility index (Phi) is 4.76. The molecule has 1 aromatic carbocycles. The Morgan fingerprint density at radius 1 is 1.47 bits per heavy atom. The standard InChI is InChI=1S/C14H21N3O2/c1-2-19-13-5-3-12(4-6-13)16-14(18)10-17-8-7-11(15)9-17/h3-6,11H,2,7-10,15H2,1H3,(H,16,18)/t11-/m1/s1. The van der Waals surface area contributed by atoms with Crippen molar-refractivity contribution in [1.29, 1.82) is 0 Å². The van der Waals surface area contributed by atoms with Gasteiger partial charge in [-0.25, -0.2) is 0 Å². The minimum atomic E-state index is -0.00161. The van der Waals surface area contributed by atoms with Gasteiger partial charge in [-0.3, -0.25) is 9.69 Å². The smallest absolute Gasteiger partial charge is 0.238 e. The number of likely N-dealkylation sites (tertiary alicyclic amines) is 1. The molecule has 0 saturated carbocycles. The van der Waals surface area contributed by atoms with Crippen LogP contribution in [-0.4, -0.2) is 43.1 Å². The molecule has 5 heteroatoms. The van der Waals surface area contributed by atoms with Gasteiger partial charge in [0, 0.05) is 24.8 Å².